The summed E-state index contributed by atoms with van der Waals surface area (Å²) in [5.74, 6) is -0.220. The van der Waals surface area contributed by atoms with Crippen molar-refractivity contribution in [1.82, 2.24) is 0 Å². The van der Waals surface area contributed by atoms with E-state index in [9.17, 15) is 9.59 Å². The molecule has 6 heteroatoms. The molecular formula is C12H16N2O4. The third-order valence-corrected chi connectivity index (χ3v) is 2.04. The van der Waals surface area contributed by atoms with Gasteiger partial charge >= 0.3 is 0 Å². The Hall–Kier alpha value is -2.08. The van der Waals surface area contributed by atoms with E-state index < -0.39 is 5.91 Å². The maximum absolute atomic E-state index is 11.4. The molecule has 0 saturated carbocycles. The van der Waals surface area contributed by atoms with E-state index in [2.05, 4.69) is 5.32 Å². The average Bonchev–Trinajstić information content (AvgIpc) is 2.31. The predicted octanol–water partition coefficient (Wildman–Crippen LogP) is 0.526. The normalized spacial score (nSPS) is 9.83. The number of hydrogen-bond donors (Lipinski definition) is 2. The van der Waals surface area contributed by atoms with Gasteiger partial charge in [-0.1, -0.05) is 12.1 Å². The number of methoxy groups -OCH3 is 1. The van der Waals surface area contributed by atoms with Crippen LogP contribution in [0.15, 0.2) is 24.3 Å². The Morgan fingerprint density at radius 1 is 1.33 bits per heavy atom. The number of para-hydroxylation sites is 2. The van der Waals surface area contributed by atoms with Gasteiger partial charge in [-0.25, -0.2) is 0 Å². The number of nitrogens with one attached hydrogen (secondary N) is 1. The minimum atomic E-state index is -0.434. The SMILES string of the molecule is COCC(=O)Nc1ccccc1OCCC(N)=O. The lowest BCUT2D eigenvalue weighted by atomic mass is 10.3. The van der Waals surface area contributed by atoms with Gasteiger partial charge in [-0.3, -0.25) is 9.59 Å². The second-order valence-corrected chi connectivity index (χ2v) is 3.54. The lowest BCUT2D eigenvalue weighted by Crippen LogP contribution is -2.18. The van der Waals surface area contributed by atoms with Crippen molar-refractivity contribution in [3.8, 4) is 5.75 Å². The molecule has 3 N–H and O–H groups in total. The second-order valence-electron chi connectivity index (χ2n) is 3.54. The first-order valence-corrected chi connectivity index (χ1v) is 5.42. The molecule has 18 heavy (non-hydrogen) atoms. The average molecular weight is 252 g/mol. The molecule has 0 aliphatic rings. The van der Waals surface area contributed by atoms with E-state index in [1.807, 2.05) is 0 Å². The number of primary amides is 1. The summed E-state index contributed by atoms with van der Waals surface area (Å²) < 4.78 is 10.1. The lowest BCUT2D eigenvalue weighted by molar-refractivity contribution is -0.120. The summed E-state index contributed by atoms with van der Waals surface area (Å²) in [7, 11) is 1.44. The molecule has 0 heterocycles. The van der Waals surface area contributed by atoms with Crippen LogP contribution in [0.5, 0.6) is 5.75 Å². The fraction of sp³-hybridized carbons (Fsp3) is 0.333. The highest BCUT2D eigenvalue weighted by atomic mass is 16.5. The number of amides is 2. The fourth-order valence-corrected chi connectivity index (χ4v) is 1.27. The van der Waals surface area contributed by atoms with Crippen LogP contribution in [0.2, 0.25) is 0 Å². The maximum Gasteiger partial charge on any atom is 0.250 e. The van der Waals surface area contributed by atoms with Crippen LogP contribution in [0.3, 0.4) is 0 Å². The van der Waals surface area contributed by atoms with Gasteiger partial charge in [0.05, 0.1) is 18.7 Å². The minimum Gasteiger partial charge on any atom is -0.491 e. The molecule has 0 spiro atoms. The summed E-state index contributed by atoms with van der Waals surface area (Å²) in [6.07, 6.45) is 0.125. The van der Waals surface area contributed by atoms with Crippen LogP contribution < -0.4 is 15.8 Å². The Balaban J connectivity index is 2.61. The molecule has 1 rings (SSSR count). The molecule has 0 aromatic heterocycles. The number of benzene rings is 1. The van der Waals surface area contributed by atoms with Crippen molar-refractivity contribution in [2.75, 3.05) is 25.6 Å². The predicted molar refractivity (Wildman–Crippen MR) is 66.3 cm³/mol. The van der Waals surface area contributed by atoms with Gasteiger partial charge in [0.1, 0.15) is 12.4 Å². The summed E-state index contributed by atoms with van der Waals surface area (Å²) in [6, 6.07) is 6.94. The first-order valence-electron chi connectivity index (χ1n) is 5.42. The summed E-state index contributed by atoms with van der Waals surface area (Å²) >= 11 is 0. The van der Waals surface area contributed by atoms with Crippen LogP contribution >= 0.6 is 0 Å². The number of anilines is 1. The number of rotatable bonds is 7. The number of hydrogen-bond acceptors (Lipinski definition) is 4. The number of nitrogens with two attached hydrogens (primary N) is 1. The van der Waals surface area contributed by atoms with Gasteiger partial charge in [-0.2, -0.15) is 0 Å². The molecule has 1 aromatic rings. The minimum absolute atomic E-state index is 0.0321. The maximum atomic E-state index is 11.4. The zero-order chi connectivity index (χ0) is 13.4. The Labute approximate surface area is 105 Å². The molecule has 2 amide bonds. The molecule has 0 saturated heterocycles. The third kappa shape index (κ3) is 4.84. The Morgan fingerprint density at radius 3 is 2.72 bits per heavy atom. The van der Waals surface area contributed by atoms with Gasteiger partial charge in [-0.15, -0.1) is 0 Å². The second kappa shape index (κ2) is 7.29. The van der Waals surface area contributed by atoms with Crippen LogP contribution in [-0.2, 0) is 14.3 Å². The monoisotopic (exact) mass is 252 g/mol. The summed E-state index contributed by atoms with van der Waals surface area (Å²) in [4.78, 5) is 22.0. The van der Waals surface area contributed by atoms with Crippen molar-refractivity contribution >= 4 is 17.5 Å². The molecule has 6 nitrogen and oxygen atoms in total. The molecule has 0 radical (unpaired) electrons. The zero-order valence-corrected chi connectivity index (χ0v) is 10.1. The highest BCUT2D eigenvalue weighted by Gasteiger charge is 2.07. The molecular weight excluding hydrogens is 236 g/mol. The van der Waals surface area contributed by atoms with Gasteiger partial charge in [0, 0.05) is 7.11 Å². The Bertz CT molecular complexity index is 420. The van der Waals surface area contributed by atoms with E-state index in [1.54, 1.807) is 24.3 Å². The van der Waals surface area contributed by atoms with Crippen LogP contribution in [-0.4, -0.2) is 32.1 Å². The van der Waals surface area contributed by atoms with Crippen molar-refractivity contribution in [2.45, 2.75) is 6.42 Å². The zero-order valence-electron chi connectivity index (χ0n) is 10.1. The third-order valence-electron chi connectivity index (χ3n) is 2.04. The van der Waals surface area contributed by atoms with Crippen LogP contribution in [0.25, 0.3) is 0 Å². The number of carbonyl (C=O) groups is 2. The van der Waals surface area contributed by atoms with Gasteiger partial charge < -0.3 is 20.5 Å². The van der Waals surface area contributed by atoms with Crippen molar-refractivity contribution in [3.63, 3.8) is 0 Å². The van der Waals surface area contributed by atoms with E-state index in [0.29, 0.717) is 11.4 Å². The molecule has 0 aliphatic heterocycles. The molecule has 0 aliphatic carbocycles. The van der Waals surface area contributed by atoms with Crippen molar-refractivity contribution in [2.24, 2.45) is 5.73 Å². The van der Waals surface area contributed by atoms with Gasteiger partial charge in [0.25, 0.3) is 0 Å². The van der Waals surface area contributed by atoms with E-state index in [-0.39, 0.29) is 25.5 Å². The van der Waals surface area contributed by atoms with Gasteiger partial charge in [0.15, 0.2) is 0 Å². The first-order chi connectivity index (χ1) is 8.63. The van der Waals surface area contributed by atoms with Gasteiger partial charge in [0.2, 0.25) is 11.8 Å². The van der Waals surface area contributed by atoms with E-state index in [4.69, 9.17) is 15.2 Å². The summed E-state index contributed by atoms with van der Waals surface area (Å²) in [5, 5.41) is 2.64. The number of ether oxygens (including phenoxy) is 2. The standard InChI is InChI=1S/C12H16N2O4/c1-17-8-12(16)14-9-4-2-3-5-10(9)18-7-6-11(13)15/h2-5H,6-8H2,1H3,(H2,13,15)(H,14,16). The Kier molecular flexibility index (Phi) is 5.66. The highest BCUT2D eigenvalue weighted by molar-refractivity contribution is 5.93. The van der Waals surface area contributed by atoms with E-state index in [1.165, 1.54) is 7.11 Å². The van der Waals surface area contributed by atoms with Crippen molar-refractivity contribution < 1.29 is 19.1 Å². The quantitative estimate of drug-likeness (QED) is 0.740. The van der Waals surface area contributed by atoms with Crippen molar-refractivity contribution in [1.29, 1.82) is 0 Å². The van der Waals surface area contributed by atoms with E-state index >= 15 is 0 Å². The largest absolute Gasteiger partial charge is 0.491 e. The number of carbonyl (C=O) groups excluding carboxylic acids is 2. The molecule has 98 valence electrons. The van der Waals surface area contributed by atoms with Crippen LogP contribution in [0.1, 0.15) is 6.42 Å². The Morgan fingerprint density at radius 2 is 2.06 bits per heavy atom. The summed E-state index contributed by atoms with van der Waals surface area (Å²) in [5.41, 5.74) is 5.54. The molecule has 1 aromatic carbocycles. The van der Waals surface area contributed by atoms with Crippen LogP contribution in [0.4, 0.5) is 5.69 Å². The molecule has 0 bridgehead atoms. The van der Waals surface area contributed by atoms with Gasteiger partial charge in [-0.05, 0) is 12.1 Å². The smallest absolute Gasteiger partial charge is 0.250 e. The fourth-order valence-electron chi connectivity index (χ4n) is 1.27. The molecule has 0 atom stereocenters. The van der Waals surface area contributed by atoms with Crippen LogP contribution in [0, 0.1) is 0 Å². The lowest BCUT2D eigenvalue weighted by Gasteiger charge is -2.11. The first kappa shape index (κ1) is 14.0. The molecule has 0 unspecified atom stereocenters. The highest BCUT2D eigenvalue weighted by Crippen LogP contribution is 2.23. The van der Waals surface area contributed by atoms with E-state index in [0.717, 1.165) is 0 Å². The topological polar surface area (TPSA) is 90.7 Å². The van der Waals surface area contributed by atoms with Crippen molar-refractivity contribution in [3.05, 3.63) is 24.3 Å². The molecule has 0 fully saturated rings. The summed E-state index contributed by atoms with van der Waals surface area (Å²) in [6.45, 7) is 0.141.